The summed E-state index contributed by atoms with van der Waals surface area (Å²) in [6.45, 7) is 32.6. The van der Waals surface area contributed by atoms with E-state index in [4.69, 9.17) is 18.9 Å². The first kappa shape index (κ1) is 31.3. The van der Waals surface area contributed by atoms with Crippen molar-refractivity contribution in [1.82, 2.24) is 0 Å². The fourth-order valence-electron chi connectivity index (χ4n) is 10.3. The van der Waals surface area contributed by atoms with Crippen molar-refractivity contribution in [3.05, 3.63) is 93.3 Å². The van der Waals surface area contributed by atoms with Gasteiger partial charge in [-0.1, -0.05) is 89.3 Å². The van der Waals surface area contributed by atoms with E-state index in [9.17, 15) is 0 Å². The highest BCUT2D eigenvalue weighted by molar-refractivity contribution is 5.90. The Hall–Kier alpha value is -3.18. The van der Waals surface area contributed by atoms with E-state index >= 15 is 0 Å². The topological polar surface area (TPSA) is 29.3 Å². The van der Waals surface area contributed by atoms with Gasteiger partial charge in [-0.05, 0) is 127 Å². The van der Waals surface area contributed by atoms with Crippen LogP contribution in [0.3, 0.4) is 0 Å². The molecule has 4 aliphatic rings. The summed E-state index contributed by atoms with van der Waals surface area (Å²) in [7, 11) is 4.33. The monoisotopic (exact) mass is 574 g/mol. The Morgan fingerprint density at radius 1 is 1.19 bits per heavy atom. The van der Waals surface area contributed by atoms with E-state index in [1.165, 1.54) is 63.9 Å². The maximum atomic E-state index is 6.49. The SMILES string of the molecule is C=C(N)C1=C(C)[C@H]2C(C)C[C@]23C[C@]2(C)Cc4c(N(C)C)cc(C#C/C(C)=C/CCCC)c(C)c4C(=C)C2=C(C)[C@]3(C)C1=C. The summed E-state index contributed by atoms with van der Waals surface area (Å²) >= 11 is 0. The van der Waals surface area contributed by atoms with E-state index in [1.807, 2.05) is 0 Å². The summed E-state index contributed by atoms with van der Waals surface area (Å²) in [6.07, 6.45) is 9.13. The third kappa shape index (κ3) is 4.21. The highest BCUT2D eigenvalue weighted by Gasteiger charge is 2.70. The molecular weight excluding hydrogens is 520 g/mol. The molecule has 2 heteroatoms. The third-order valence-electron chi connectivity index (χ3n) is 12.1. The maximum absolute atomic E-state index is 6.49. The number of rotatable bonds is 5. The van der Waals surface area contributed by atoms with Crippen molar-refractivity contribution < 1.29 is 0 Å². The second-order valence-electron chi connectivity index (χ2n) is 15.0. The van der Waals surface area contributed by atoms with Gasteiger partial charge in [-0.25, -0.2) is 0 Å². The first-order chi connectivity index (χ1) is 20.1. The van der Waals surface area contributed by atoms with Crippen molar-refractivity contribution in [2.75, 3.05) is 19.0 Å². The van der Waals surface area contributed by atoms with E-state index in [-0.39, 0.29) is 16.2 Å². The van der Waals surface area contributed by atoms with Gasteiger partial charge in [0.1, 0.15) is 0 Å². The van der Waals surface area contributed by atoms with E-state index in [0.29, 0.717) is 17.5 Å². The molecule has 0 radical (unpaired) electrons. The molecule has 1 spiro atoms. The molecule has 5 atom stereocenters. The molecule has 0 saturated heterocycles. The lowest BCUT2D eigenvalue weighted by atomic mass is 9.31. The molecular formula is C41H54N2. The Morgan fingerprint density at radius 2 is 1.86 bits per heavy atom. The van der Waals surface area contributed by atoms with Crippen LogP contribution < -0.4 is 10.6 Å². The van der Waals surface area contributed by atoms with Crippen LogP contribution in [0, 0.1) is 46.8 Å². The standard InChI is InChI=1S/C41H54N2/c1-14-15-16-17-24(2)18-19-32-20-34(43(12)13)33-22-39(10)23-41-21-25(3)37(41)28(6)36(31(9)42)29(7)40(41,11)30(8)38(39)27(5)35(33)26(32)4/h17,20,25,37H,5,7,9,14-16,21-23,42H2,1-4,6,8,10-13H3/b24-17+/t25?,37-,39+,40+,41+/m1/s1. The predicted molar refractivity (Wildman–Crippen MR) is 187 cm³/mol. The molecule has 1 fully saturated rings. The fraction of sp³-hybridized carbons (Fsp3) is 0.512. The van der Waals surface area contributed by atoms with Crippen molar-refractivity contribution in [1.29, 1.82) is 0 Å². The van der Waals surface area contributed by atoms with E-state index in [1.54, 1.807) is 0 Å². The number of allylic oxidation sites excluding steroid dienone is 7. The number of benzene rings is 1. The van der Waals surface area contributed by atoms with Crippen molar-refractivity contribution in [3.8, 4) is 11.8 Å². The molecule has 2 nitrogen and oxygen atoms in total. The Bertz CT molecular complexity index is 1610. The Morgan fingerprint density at radius 3 is 2.44 bits per heavy atom. The van der Waals surface area contributed by atoms with Gasteiger partial charge < -0.3 is 10.6 Å². The molecule has 0 bridgehead atoms. The lowest BCUT2D eigenvalue weighted by molar-refractivity contribution is -0.123. The van der Waals surface area contributed by atoms with Gasteiger partial charge >= 0.3 is 0 Å². The highest BCUT2D eigenvalue weighted by Crippen LogP contribution is 2.78. The summed E-state index contributed by atoms with van der Waals surface area (Å²) < 4.78 is 0. The number of anilines is 1. The van der Waals surface area contributed by atoms with E-state index in [0.717, 1.165) is 41.5 Å². The van der Waals surface area contributed by atoms with E-state index in [2.05, 4.69) is 105 Å². The van der Waals surface area contributed by atoms with Gasteiger partial charge in [-0.3, -0.25) is 0 Å². The van der Waals surface area contributed by atoms with E-state index < -0.39 is 0 Å². The Labute approximate surface area is 262 Å². The minimum Gasteiger partial charge on any atom is -0.399 e. The van der Waals surface area contributed by atoms with Crippen LogP contribution >= 0.6 is 0 Å². The zero-order chi connectivity index (χ0) is 31.8. The molecule has 1 saturated carbocycles. The summed E-state index contributed by atoms with van der Waals surface area (Å²) in [5, 5.41) is 0. The van der Waals surface area contributed by atoms with Gasteiger partial charge in [0.05, 0.1) is 0 Å². The van der Waals surface area contributed by atoms with Crippen molar-refractivity contribution in [2.24, 2.45) is 33.8 Å². The van der Waals surface area contributed by atoms with Gasteiger partial charge in [0.15, 0.2) is 0 Å². The molecule has 1 aromatic rings. The van der Waals surface area contributed by atoms with Crippen molar-refractivity contribution in [2.45, 2.75) is 93.9 Å². The predicted octanol–water partition coefficient (Wildman–Crippen LogP) is 9.85. The maximum Gasteiger partial charge on any atom is 0.0412 e. The average molecular weight is 575 g/mol. The molecule has 0 aliphatic heterocycles. The summed E-state index contributed by atoms with van der Waals surface area (Å²) in [5.74, 6) is 8.14. The molecule has 4 aliphatic carbocycles. The number of hydrogen-bond donors (Lipinski definition) is 1. The van der Waals surface area contributed by atoms with Crippen LogP contribution in [0.5, 0.6) is 0 Å². The van der Waals surface area contributed by atoms with Gasteiger partial charge in [0.25, 0.3) is 0 Å². The molecule has 228 valence electrons. The number of fused-ring (bicyclic) bond motifs is 2. The minimum atomic E-state index is -0.188. The smallest absolute Gasteiger partial charge is 0.0412 e. The fourth-order valence-corrected chi connectivity index (χ4v) is 10.3. The number of unbranched alkanes of at least 4 members (excludes halogenated alkanes) is 2. The third-order valence-corrected chi connectivity index (χ3v) is 12.1. The molecule has 1 unspecified atom stereocenters. The molecule has 0 heterocycles. The summed E-state index contributed by atoms with van der Waals surface area (Å²) in [5.41, 5.74) is 22.3. The molecule has 1 aromatic carbocycles. The second-order valence-corrected chi connectivity index (χ2v) is 15.0. The van der Waals surface area contributed by atoms with Gasteiger partial charge in [-0.2, -0.15) is 0 Å². The van der Waals surface area contributed by atoms with Gasteiger partial charge in [-0.15, -0.1) is 0 Å². The molecule has 0 aromatic heterocycles. The summed E-state index contributed by atoms with van der Waals surface area (Å²) in [6, 6.07) is 2.33. The van der Waals surface area contributed by atoms with Gasteiger partial charge in [0.2, 0.25) is 0 Å². The average Bonchev–Trinajstić information content (AvgIpc) is 2.89. The van der Waals surface area contributed by atoms with Crippen molar-refractivity contribution >= 4 is 11.3 Å². The molecule has 5 rings (SSSR count). The Kier molecular flexibility index (Phi) is 7.61. The van der Waals surface area contributed by atoms with Crippen LogP contribution in [0.15, 0.2) is 71.0 Å². The number of nitrogens with zero attached hydrogens (tertiary/aromatic N) is 1. The summed E-state index contributed by atoms with van der Waals surface area (Å²) in [4.78, 5) is 2.28. The highest BCUT2D eigenvalue weighted by atomic mass is 15.1. The minimum absolute atomic E-state index is 0.00709. The van der Waals surface area contributed by atoms with Crippen LogP contribution in [0.4, 0.5) is 5.69 Å². The van der Waals surface area contributed by atoms with Crippen LogP contribution in [0.1, 0.15) is 103 Å². The first-order valence-electron chi connectivity index (χ1n) is 16.4. The number of nitrogens with two attached hydrogens (primary N) is 1. The quantitative estimate of drug-likeness (QED) is 0.280. The lowest BCUT2D eigenvalue weighted by Gasteiger charge is -2.72. The molecule has 0 amide bonds. The van der Waals surface area contributed by atoms with Crippen LogP contribution in [-0.4, -0.2) is 14.1 Å². The van der Waals surface area contributed by atoms with Gasteiger partial charge in [0, 0.05) is 36.5 Å². The molecule has 2 N–H and O–H groups in total. The first-order valence-corrected chi connectivity index (χ1v) is 16.4. The second kappa shape index (κ2) is 10.5. The molecule has 43 heavy (non-hydrogen) atoms. The Balaban J connectivity index is 1.73. The van der Waals surface area contributed by atoms with Crippen LogP contribution in [0.2, 0.25) is 0 Å². The lowest BCUT2D eigenvalue weighted by Crippen LogP contribution is -2.65. The normalized spacial score (nSPS) is 31.3. The zero-order valence-corrected chi connectivity index (χ0v) is 28.7. The zero-order valence-electron chi connectivity index (χ0n) is 28.7. The van der Waals surface area contributed by atoms with Crippen LogP contribution in [-0.2, 0) is 6.42 Å². The number of hydrogen-bond acceptors (Lipinski definition) is 2. The largest absolute Gasteiger partial charge is 0.399 e. The van der Waals surface area contributed by atoms with Crippen molar-refractivity contribution in [3.63, 3.8) is 0 Å². The van der Waals surface area contributed by atoms with Crippen LogP contribution in [0.25, 0.3) is 5.57 Å².